The van der Waals surface area contributed by atoms with Gasteiger partial charge in [-0.2, -0.15) is 5.26 Å². The topological polar surface area (TPSA) is 88.4 Å². The lowest BCUT2D eigenvalue weighted by Gasteiger charge is -2.11. The van der Waals surface area contributed by atoms with E-state index >= 15 is 0 Å². The number of hydrogen-bond donors (Lipinski definition) is 1. The highest BCUT2D eigenvalue weighted by atomic mass is 79.9. The Bertz CT molecular complexity index is 918. The predicted molar refractivity (Wildman–Crippen MR) is 104 cm³/mol. The van der Waals surface area contributed by atoms with E-state index in [-0.39, 0.29) is 11.3 Å². The molecule has 1 amide bonds. The second-order valence-electron chi connectivity index (χ2n) is 5.47. The van der Waals surface area contributed by atoms with Gasteiger partial charge in [0, 0.05) is 13.5 Å². The molecule has 0 unspecified atom stereocenters. The number of halogens is 1. The Balaban J connectivity index is 2.23. The number of amides is 1. The lowest BCUT2D eigenvalue weighted by Crippen LogP contribution is -2.23. The summed E-state index contributed by atoms with van der Waals surface area (Å²) >= 11 is 3.31. The van der Waals surface area contributed by atoms with Crippen LogP contribution in [0.4, 0.5) is 0 Å². The smallest absolute Gasteiger partial charge is 0.308 e. The molecule has 2 aromatic rings. The van der Waals surface area contributed by atoms with Gasteiger partial charge in [0.25, 0.3) is 5.91 Å². The van der Waals surface area contributed by atoms with Gasteiger partial charge in [-0.1, -0.05) is 30.3 Å². The third kappa shape index (κ3) is 5.69. The van der Waals surface area contributed by atoms with Gasteiger partial charge in [0.05, 0.1) is 11.6 Å². The van der Waals surface area contributed by atoms with Gasteiger partial charge in [-0.25, -0.2) is 0 Å². The van der Waals surface area contributed by atoms with E-state index in [2.05, 4.69) is 21.2 Å². The fraction of sp³-hybridized carbons (Fsp3) is 0.150. The van der Waals surface area contributed by atoms with Crippen molar-refractivity contribution in [2.75, 3.05) is 7.11 Å². The molecule has 2 rings (SSSR count). The summed E-state index contributed by atoms with van der Waals surface area (Å²) in [5.74, 6) is -0.446. The Morgan fingerprint density at radius 3 is 2.56 bits per heavy atom. The number of nitriles is 1. The maximum atomic E-state index is 12.3. The van der Waals surface area contributed by atoms with Crippen molar-refractivity contribution in [1.29, 1.82) is 5.26 Å². The van der Waals surface area contributed by atoms with Gasteiger partial charge in [0.2, 0.25) is 0 Å². The van der Waals surface area contributed by atoms with Crippen LogP contribution in [0.1, 0.15) is 18.1 Å². The second-order valence-corrected chi connectivity index (χ2v) is 6.32. The molecule has 0 fully saturated rings. The zero-order valence-electron chi connectivity index (χ0n) is 14.8. The van der Waals surface area contributed by atoms with Gasteiger partial charge in [-0.05, 0) is 45.3 Å². The third-order valence-electron chi connectivity index (χ3n) is 3.47. The Morgan fingerprint density at radius 2 is 1.96 bits per heavy atom. The fourth-order valence-corrected chi connectivity index (χ4v) is 2.80. The average molecular weight is 429 g/mol. The number of ether oxygens (including phenoxy) is 2. The van der Waals surface area contributed by atoms with Gasteiger partial charge in [0.15, 0.2) is 11.5 Å². The Hall–Kier alpha value is -3.11. The van der Waals surface area contributed by atoms with E-state index in [9.17, 15) is 14.9 Å². The summed E-state index contributed by atoms with van der Waals surface area (Å²) in [5, 5.41) is 12.0. The van der Waals surface area contributed by atoms with E-state index in [4.69, 9.17) is 9.47 Å². The van der Waals surface area contributed by atoms with Crippen LogP contribution in [0, 0.1) is 11.3 Å². The standard InChI is InChI=1S/C20H17BrN2O4/c1-13(24)27-19-17(21)9-15(10-18(19)26-2)8-16(11-22)20(25)23-12-14-6-4-3-5-7-14/h3-10H,12H2,1-2H3,(H,23,25)/b16-8+. The van der Waals surface area contributed by atoms with Crippen LogP contribution in [0.3, 0.4) is 0 Å². The summed E-state index contributed by atoms with van der Waals surface area (Å²) in [5.41, 5.74) is 1.42. The molecule has 0 aliphatic rings. The Kier molecular flexibility index (Phi) is 7.15. The number of carbonyl (C=O) groups excluding carboxylic acids is 2. The van der Waals surface area contributed by atoms with E-state index in [0.717, 1.165) is 5.56 Å². The number of benzene rings is 2. The van der Waals surface area contributed by atoms with E-state index in [0.29, 0.717) is 22.3 Å². The minimum atomic E-state index is -0.490. The van der Waals surface area contributed by atoms with Crippen molar-refractivity contribution in [2.45, 2.75) is 13.5 Å². The second kappa shape index (κ2) is 9.55. The number of nitrogens with one attached hydrogen (secondary N) is 1. The molecule has 0 bridgehead atoms. The fourth-order valence-electron chi connectivity index (χ4n) is 2.25. The molecule has 0 saturated carbocycles. The molecule has 0 atom stereocenters. The normalized spacial score (nSPS) is 10.7. The largest absolute Gasteiger partial charge is 0.493 e. The van der Waals surface area contributed by atoms with Crippen LogP contribution in [0.5, 0.6) is 11.5 Å². The molecule has 0 aliphatic heterocycles. The molecule has 0 saturated heterocycles. The average Bonchev–Trinajstić information content (AvgIpc) is 2.66. The molecule has 0 aromatic heterocycles. The molecule has 7 heteroatoms. The molecular formula is C20H17BrN2O4. The molecular weight excluding hydrogens is 412 g/mol. The predicted octanol–water partition coefficient (Wildman–Crippen LogP) is 3.61. The van der Waals surface area contributed by atoms with Crippen LogP contribution in [0.15, 0.2) is 52.5 Å². The van der Waals surface area contributed by atoms with Gasteiger partial charge < -0.3 is 14.8 Å². The van der Waals surface area contributed by atoms with Crippen molar-refractivity contribution in [3.05, 3.63) is 63.6 Å². The first-order chi connectivity index (χ1) is 12.9. The summed E-state index contributed by atoms with van der Waals surface area (Å²) in [6.07, 6.45) is 1.44. The number of esters is 1. The highest BCUT2D eigenvalue weighted by Crippen LogP contribution is 2.37. The molecule has 1 N–H and O–H groups in total. The molecule has 0 heterocycles. The Labute approximate surface area is 165 Å². The van der Waals surface area contributed by atoms with Crippen LogP contribution in [-0.4, -0.2) is 19.0 Å². The zero-order chi connectivity index (χ0) is 19.8. The number of hydrogen-bond acceptors (Lipinski definition) is 5. The monoisotopic (exact) mass is 428 g/mol. The first kappa shape index (κ1) is 20.2. The van der Waals surface area contributed by atoms with Gasteiger partial charge >= 0.3 is 5.97 Å². The highest BCUT2D eigenvalue weighted by molar-refractivity contribution is 9.10. The van der Waals surface area contributed by atoms with Crippen LogP contribution < -0.4 is 14.8 Å². The molecule has 0 spiro atoms. The van der Waals surface area contributed by atoms with E-state index in [1.54, 1.807) is 12.1 Å². The molecule has 27 heavy (non-hydrogen) atoms. The minimum Gasteiger partial charge on any atom is -0.493 e. The van der Waals surface area contributed by atoms with Gasteiger partial charge in [0.1, 0.15) is 11.6 Å². The highest BCUT2D eigenvalue weighted by Gasteiger charge is 2.15. The van der Waals surface area contributed by atoms with Crippen LogP contribution >= 0.6 is 15.9 Å². The van der Waals surface area contributed by atoms with Crippen LogP contribution in [-0.2, 0) is 16.1 Å². The summed E-state index contributed by atoms with van der Waals surface area (Å²) in [7, 11) is 1.43. The molecule has 0 aliphatic carbocycles. The van der Waals surface area contributed by atoms with E-state index < -0.39 is 11.9 Å². The van der Waals surface area contributed by atoms with Crippen molar-refractivity contribution >= 4 is 33.9 Å². The molecule has 138 valence electrons. The van der Waals surface area contributed by atoms with E-state index in [1.165, 1.54) is 20.1 Å². The minimum absolute atomic E-state index is 0.0554. The number of carbonyl (C=O) groups is 2. The van der Waals surface area contributed by atoms with Crippen molar-refractivity contribution in [3.63, 3.8) is 0 Å². The number of nitrogens with zero attached hydrogens (tertiary/aromatic N) is 1. The molecule has 0 radical (unpaired) electrons. The van der Waals surface area contributed by atoms with Crippen molar-refractivity contribution in [2.24, 2.45) is 0 Å². The summed E-state index contributed by atoms with van der Waals surface area (Å²) in [6, 6.07) is 14.5. The maximum Gasteiger partial charge on any atom is 0.308 e. The Morgan fingerprint density at radius 1 is 1.26 bits per heavy atom. The number of rotatable bonds is 6. The quantitative estimate of drug-likeness (QED) is 0.328. The first-order valence-electron chi connectivity index (χ1n) is 7.94. The van der Waals surface area contributed by atoms with Crippen molar-refractivity contribution in [3.8, 4) is 17.6 Å². The van der Waals surface area contributed by atoms with Crippen LogP contribution in [0.2, 0.25) is 0 Å². The van der Waals surface area contributed by atoms with E-state index in [1.807, 2.05) is 36.4 Å². The number of methoxy groups -OCH3 is 1. The third-order valence-corrected chi connectivity index (χ3v) is 4.06. The van der Waals surface area contributed by atoms with Crippen LogP contribution in [0.25, 0.3) is 6.08 Å². The van der Waals surface area contributed by atoms with Gasteiger partial charge in [-0.15, -0.1) is 0 Å². The SMILES string of the molecule is COc1cc(/C=C(\C#N)C(=O)NCc2ccccc2)cc(Br)c1OC(C)=O. The van der Waals surface area contributed by atoms with Gasteiger partial charge in [-0.3, -0.25) is 9.59 Å². The summed E-state index contributed by atoms with van der Waals surface area (Å²) < 4.78 is 10.8. The molecule has 2 aromatic carbocycles. The lowest BCUT2D eigenvalue weighted by atomic mass is 10.1. The lowest BCUT2D eigenvalue weighted by molar-refractivity contribution is -0.132. The summed E-state index contributed by atoms with van der Waals surface area (Å²) in [4.78, 5) is 23.5. The zero-order valence-corrected chi connectivity index (χ0v) is 16.4. The van der Waals surface area contributed by atoms with Crippen molar-refractivity contribution in [1.82, 2.24) is 5.32 Å². The summed E-state index contributed by atoms with van der Waals surface area (Å²) in [6.45, 7) is 1.60. The first-order valence-corrected chi connectivity index (χ1v) is 8.73. The maximum absolute atomic E-state index is 12.3. The van der Waals surface area contributed by atoms with Crippen molar-refractivity contribution < 1.29 is 19.1 Å². The molecule has 6 nitrogen and oxygen atoms in total.